The van der Waals surface area contributed by atoms with Crippen molar-refractivity contribution in [2.75, 3.05) is 46.2 Å². The van der Waals surface area contributed by atoms with Crippen LogP contribution in [0.2, 0.25) is 0 Å². The number of benzene rings is 2. The predicted octanol–water partition coefficient (Wildman–Crippen LogP) is 2.43. The number of nitrogens with zero attached hydrogens (tertiary/aromatic N) is 2. The van der Waals surface area contributed by atoms with Gasteiger partial charge in [0.2, 0.25) is 0 Å². The maximum Gasteiger partial charge on any atom is 0.292 e. The number of aliphatic imine (C=N–C) groups is 1. The summed E-state index contributed by atoms with van der Waals surface area (Å²) in [4.78, 5) is 14.8. The molecule has 0 fully saturated rings. The summed E-state index contributed by atoms with van der Waals surface area (Å²) in [7, 11) is 4.92. The second kappa shape index (κ2) is 11.4. The number of nitrogens with one attached hydrogen (secondary N) is 3. The van der Waals surface area contributed by atoms with E-state index in [-0.39, 0.29) is 5.69 Å². The van der Waals surface area contributed by atoms with Crippen LogP contribution in [0.25, 0.3) is 0 Å². The Morgan fingerprint density at radius 2 is 1.76 bits per heavy atom. The van der Waals surface area contributed by atoms with E-state index in [1.54, 1.807) is 39.5 Å². The second-order valence-electron chi connectivity index (χ2n) is 6.07. The number of nitro groups is 1. The van der Waals surface area contributed by atoms with Gasteiger partial charge in [0, 0.05) is 32.7 Å². The average Bonchev–Trinajstić information content (AvgIpc) is 2.75. The molecule has 0 amide bonds. The Morgan fingerprint density at radius 3 is 2.45 bits per heavy atom. The molecule has 29 heavy (non-hydrogen) atoms. The molecule has 0 atom stereocenters. The number of rotatable bonds is 10. The summed E-state index contributed by atoms with van der Waals surface area (Å²) in [6.45, 7) is 1.76. The number of nitro benzene ring substituents is 1. The van der Waals surface area contributed by atoms with Crippen molar-refractivity contribution in [3.05, 3.63) is 58.1 Å². The van der Waals surface area contributed by atoms with Crippen LogP contribution in [0.1, 0.15) is 5.56 Å². The first-order chi connectivity index (χ1) is 14.1. The largest absolute Gasteiger partial charge is 0.493 e. The van der Waals surface area contributed by atoms with Crippen LogP contribution in [0, 0.1) is 10.1 Å². The highest BCUT2D eigenvalue weighted by Crippen LogP contribution is 2.27. The lowest BCUT2D eigenvalue weighted by Crippen LogP contribution is -2.40. The zero-order valence-corrected chi connectivity index (χ0v) is 16.9. The Balaban J connectivity index is 1.75. The van der Waals surface area contributed by atoms with Crippen molar-refractivity contribution in [2.45, 2.75) is 6.42 Å². The normalized spacial score (nSPS) is 10.9. The molecule has 0 radical (unpaired) electrons. The summed E-state index contributed by atoms with van der Waals surface area (Å²) in [5, 5.41) is 20.5. The third-order valence-corrected chi connectivity index (χ3v) is 4.21. The van der Waals surface area contributed by atoms with E-state index in [1.165, 1.54) is 6.07 Å². The quantitative estimate of drug-likeness (QED) is 0.184. The summed E-state index contributed by atoms with van der Waals surface area (Å²) in [6, 6.07) is 12.4. The van der Waals surface area contributed by atoms with Gasteiger partial charge in [0.1, 0.15) is 5.69 Å². The molecule has 0 aliphatic carbocycles. The minimum atomic E-state index is -0.398. The number of ether oxygens (including phenoxy) is 2. The molecular formula is C20H27N5O4. The average molecular weight is 401 g/mol. The van der Waals surface area contributed by atoms with Gasteiger partial charge in [-0.25, -0.2) is 0 Å². The van der Waals surface area contributed by atoms with Crippen molar-refractivity contribution in [3.8, 4) is 11.5 Å². The van der Waals surface area contributed by atoms with Crippen molar-refractivity contribution in [2.24, 2.45) is 4.99 Å². The molecule has 2 aromatic carbocycles. The molecule has 0 saturated carbocycles. The number of methoxy groups -OCH3 is 2. The third-order valence-electron chi connectivity index (χ3n) is 4.21. The zero-order chi connectivity index (χ0) is 21.1. The molecule has 0 heterocycles. The predicted molar refractivity (Wildman–Crippen MR) is 114 cm³/mol. The van der Waals surface area contributed by atoms with E-state index >= 15 is 0 Å². The first kappa shape index (κ1) is 21.8. The van der Waals surface area contributed by atoms with Gasteiger partial charge in [-0.05, 0) is 30.2 Å². The van der Waals surface area contributed by atoms with Crippen LogP contribution < -0.4 is 25.4 Å². The second-order valence-corrected chi connectivity index (χ2v) is 6.07. The van der Waals surface area contributed by atoms with E-state index in [0.29, 0.717) is 42.8 Å². The molecular weight excluding hydrogens is 374 g/mol. The Hall–Kier alpha value is -3.49. The van der Waals surface area contributed by atoms with Crippen molar-refractivity contribution in [1.82, 2.24) is 10.6 Å². The molecule has 9 heteroatoms. The van der Waals surface area contributed by atoms with E-state index < -0.39 is 4.92 Å². The van der Waals surface area contributed by atoms with Crippen molar-refractivity contribution in [1.29, 1.82) is 0 Å². The number of anilines is 1. The van der Waals surface area contributed by atoms with Gasteiger partial charge in [-0.3, -0.25) is 15.1 Å². The van der Waals surface area contributed by atoms with Gasteiger partial charge in [0.05, 0.1) is 19.1 Å². The lowest BCUT2D eigenvalue weighted by molar-refractivity contribution is -0.384. The fourth-order valence-electron chi connectivity index (χ4n) is 2.74. The van der Waals surface area contributed by atoms with E-state index in [2.05, 4.69) is 20.9 Å². The molecule has 156 valence electrons. The summed E-state index contributed by atoms with van der Waals surface area (Å²) in [5.41, 5.74) is 1.67. The third kappa shape index (κ3) is 6.56. The maximum atomic E-state index is 11.0. The molecule has 0 spiro atoms. The Labute approximate surface area is 170 Å². The molecule has 0 aromatic heterocycles. The maximum absolute atomic E-state index is 11.0. The van der Waals surface area contributed by atoms with Gasteiger partial charge in [0.25, 0.3) is 5.69 Å². The SMILES string of the molecule is CN=C(NCCNc1ccccc1[N+](=O)[O-])NCCc1ccc(OC)c(OC)c1. The van der Waals surface area contributed by atoms with E-state index in [0.717, 1.165) is 12.0 Å². The smallest absolute Gasteiger partial charge is 0.292 e. The molecule has 9 nitrogen and oxygen atoms in total. The van der Waals surface area contributed by atoms with E-state index in [4.69, 9.17) is 9.47 Å². The topological polar surface area (TPSA) is 110 Å². The first-order valence-electron chi connectivity index (χ1n) is 9.21. The number of hydrogen-bond donors (Lipinski definition) is 3. The van der Waals surface area contributed by atoms with E-state index in [9.17, 15) is 10.1 Å². The van der Waals surface area contributed by atoms with Crippen molar-refractivity contribution in [3.63, 3.8) is 0 Å². The standard InChI is InChI=1S/C20H27N5O4/c1-21-20(23-11-10-15-8-9-18(28-2)19(14-15)29-3)24-13-12-22-16-6-4-5-7-17(16)25(26)27/h4-9,14,22H,10-13H2,1-3H3,(H2,21,23,24). The zero-order valence-electron chi connectivity index (χ0n) is 16.9. The van der Waals surface area contributed by atoms with Crippen LogP contribution in [0.4, 0.5) is 11.4 Å². The van der Waals surface area contributed by atoms with Gasteiger partial charge in [-0.15, -0.1) is 0 Å². The highest BCUT2D eigenvalue weighted by molar-refractivity contribution is 5.79. The molecule has 0 unspecified atom stereocenters. The highest BCUT2D eigenvalue weighted by atomic mass is 16.6. The lowest BCUT2D eigenvalue weighted by atomic mass is 10.1. The summed E-state index contributed by atoms with van der Waals surface area (Å²) >= 11 is 0. The Bertz CT molecular complexity index is 841. The van der Waals surface area contributed by atoms with E-state index in [1.807, 2.05) is 18.2 Å². The number of guanidine groups is 1. The first-order valence-corrected chi connectivity index (χ1v) is 9.21. The van der Waals surface area contributed by atoms with Gasteiger partial charge < -0.3 is 25.4 Å². The summed E-state index contributed by atoms with van der Waals surface area (Å²) in [5.74, 6) is 2.07. The fourth-order valence-corrected chi connectivity index (χ4v) is 2.74. The van der Waals surface area contributed by atoms with Gasteiger partial charge in [-0.1, -0.05) is 18.2 Å². The van der Waals surface area contributed by atoms with Gasteiger partial charge in [0.15, 0.2) is 17.5 Å². The minimum Gasteiger partial charge on any atom is -0.493 e. The summed E-state index contributed by atoms with van der Waals surface area (Å²) in [6.07, 6.45) is 0.787. The molecule has 0 aliphatic rings. The number of hydrogen-bond acceptors (Lipinski definition) is 6. The number of para-hydroxylation sites is 2. The molecule has 0 aliphatic heterocycles. The Morgan fingerprint density at radius 1 is 1.03 bits per heavy atom. The van der Waals surface area contributed by atoms with Gasteiger partial charge >= 0.3 is 0 Å². The van der Waals surface area contributed by atoms with Crippen LogP contribution >= 0.6 is 0 Å². The van der Waals surface area contributed by atoms with Crippen LogP contribution in [0.3, 0.4) is 0 Å². The van der Waals surface area contributed by atoms with Crippen LogP contribution in [-0.2, 0) is 6.42 Å². The van der Waals surface area contributed by atoms with Crippen molar-refractivity contribution >= 4 is 17.3 Å². The minimum absolute atomic E-state index is 0.0601. The van der Waals surface area contributed by atoms with Crippen LogP contribution in [0.5, 0.6) is 11.5 Å². The molecule has 3 N–H and O–H groups in total. The molecule has 2 aromatic rings. The molecule has 2 rings (SSSR count). The molecule has 0 saturated heterocycles. The van der Waals surface area contributed by atoms with Gasteiger partial charge in [-0.2, -0.15) is 0 Å². The highest BCUT2D eigenvalue weighted by Gasteiger charge is 2.11. The molecule has 0 bridgehead atoms. The summed E-state index contributed by atoms with van der Waals surface area (Å²) < 4.78 is 10.6. The lowest BCUT2D eigenvalue weighted by Gasteiger charge is -2.13. The fraction of sp³-hybridized carbons (Fsp3) is 0.350. The van der Waals surface area contributed by atoms with Crippen LogP contribution in [0.15, 0.2) is 47.5 Å². The monoisotopic (exact) mass is 401 g/mol. The van der Waals surface area contributed by atoms with Crippen LogP contribution in [-0.4, -0.2) is 51.8 Å². The van der Waals surface area contributed by atoms with Crippen molar-refractivity contribution < 1.29 is 14.4 Å². The Kier molecular flexibility index (Phi) is 8.55.